The lowest BCUT2D eigenvalue weighted by atomic mass is 9.98. The fourth-order valence-electron chi connectivity index (χ4n) is 2.68. The highest BCUT2D eigenvalue weighted by atomic mass is 16.7. The lowest BCUT2D eigenvalue weighted by Crippen LogP contribution is -2.35. The molecule has 2 aromatic rings. The minimum Gasteiger partial charge on any atom is -0.329 e. The maximum Gasteiger partial charge on any atom is 0.336 e. The molecule has 0 spiro atoms. The van der Waals surface area contributed by atoms with Crippen molar-refractivity contribution in [3.05, 3.63) is 70.8 Å². The SMILES string of the molecule is Cc1ccccc1CC(C)C(=O)ON1C(=O)c2ccccc2C1=O. The molecular formula is C19H17NO4. The summed E-state index contributed by atoms with van der Waals surface area (Å²) >= 11 is 0. The van der Waals surface area contributed by atoms with E-state index in [0.717, 1.165) is 11.1 Å². The smallest absolute Gasteiger partial charge is 0.329 e. The Morgan fingerprint density at radius 1 is 1.00 bits per heavy atom. The van der Waals surface area contributed by atoms with Crippen LogP contribution in [-0.4, -0.2) is 22.8 Å². The molecule has 2 aromatic carbocycles. The average Bonchev–Trinajstić information content (AvgIpc) is 2.82. The highest BCUT2D eigenvalue weighted by Gasteiger charge is 2.39. The monoisotopic (exact) mass is 323 g/mol. The second-order valence-corrected chi connectivity index (χ2v) is 5.89. The molecule has 5 nitrogen and oxygen atoms in total. The molecule has 0 bridgehead atoms. The van der Waals surface area contributed by atoms with Crippen LogP contribution in [-0.2, 0) is 16.1 Å². The third-order valence-electron chi connectivity index (χ3n) is 4.13. The number of benzene rings is 2. The Kier molecular flexibility index (Phi) is 4.16. The van der Waals surface area contributed by atoms with E-state index >= 15 is 0 Å². The third kappa shape index (κ3) is 2.80. The van der Waals surface area contributed by atoms with Crippen molar-refractivity contribution in [3.8, 4) is 0 Å². The summed E-state index contributed by atoms with van der Waals surface area (Å²) in [6.07, 6.45) is 0.481. The molecule has 0 aromatic heterocycles. The van der Waals surface area contributed by atoms with Gasteiger partial charge in [-0.25, -0.2) is 4.79 Å². The molecule has 2 amide bonds. The molecule has 0 fully saturated rings. The Labute approximate surface area is 139 Å². The zero-order valence-electron chi connectivity index (χ0n) is 13.5. The molecule has 0 aliphatic carbocycles. The zero-order valence-corrected chi connectivity index (χ0v) is 13.5. The Hall–Kier alpha value is -2.95. The predicted octanol–water partition coefficient (Wildman–Crippen LogP) is 2.93. The van der Waals surface area contributed by atoms with Gasteiger partial charge in [0.15, 0.2) is 0 Å². The van der Waals surface area contributed by atoms with Gasteiger partial charge in [-0.2, -0.15) is 0 Å². The molecule has 1 atom stereocenters. The number of imide groups is 1. The minimum atomic E-state index is -0.605. The molecule has 0 radical (unpaired) electrons. The quantitative estimate of drug-likeness (QED) is 0.812. The Balaban J connectivity index is 1.70. The lowest BCUT2D eigenvalue weighted by Gasteiger charge is -2.17. The van der Waals surface area contributed by atoms with Crippen molar-refractivity contribution in [2.24, 2.45) is 5.92 Å². The topological polar surface area (TPSA) is 63.7 Å². The zero-order chi connectivity index (χ0) is 17.3. The lowest BCUT2D eigenvalue weighted by molar-refractivity contribution is -0.173. The van der Waals surface area contributed by atoms with Crippen molar-refractivity contribution < 1.29 is 19.2 Å². The van der Waals surface area contributed by atoms with E-state index in [9.17, 15) is 14.4 Å². The summed E-state index contributed by atoms with van der Waals surface area (Å²) < 4.78 is 0. The summed E-state index contributed by atoms with van der Waals surface area (Å²) in [4.78, 5) is 41.8. The van der Waals surface area contributed by atoms with Crippen molar-refractivity contribution in [2.75, 3.05) is 0 Å². The van der Waals surface area contributed by atoms with Crippen LogP contribution in [0.3, 0.4) is 0 Å². The Morgan fingerprint density at radius 3 is 2.12 bits per heavy atom. The van der Waals surface area contributed by atoms with Crippen LogP contribution in [0.15, 0.2) is 48.5 Å². The summed E-state index contributed by atoms with van der Waals surface area (Å²) in [5.41, 5.74) is 2.62. The number of amides is 2. The van der Waals surface area contributed by atoms with E-state index in [-0.39, 0.29) is 11.1 Å². The van der Waals surface area contributed by atoms with Gasteiger partial charge < -0.3 is 4.84 Å². The van der Waals surface area contributed by atoms with Crippen LogP contribution in [0.25, 0.3) is 0 Å². The first kappa shape index (κ1) is 15.9. The van der Waals surface area contributed by atoms with E-state index in [1.165, 1.54) is 0 Å². The molecule has 1 heterocycles. The second-order valence-electron chi connectivity index (χ2n) is 5.89. The van der Waals surface area contributed by atoms with Gasteiger partial charge in [-0.05, 0) is 36.6 Å². The minimum absolute atomic E-state index is 0.252. The van der Waals surface area contributed by atoms with Gasteiger partial charge in [0.2, 0.25) is 0 Å². The number of hydroxylamine groups is 2. The molecule has 1 aliphatic rings. The number of hydrogen-bond acceptors (Lipinski definition) is 4. The predicted molar refractivity (Wildman–Crippen MR) is 87.1 cm³/mol. The van der Waals surface area contributed by atoms with E-state index in [1.54, 1.807) is 31.2 Å². The van der Waals surface area contributed by atoms with Crippen LogP contribution >= 0.6 is 0 Å². The number of hydrogen-bond donors (Lipinski definition) is 0. The first-order chi connectivity index (χ1) is 11.5. The number of carbonyl (C=O) groups excluding carboxylic acids is 3. The summed E-state index contributed by atoms with van der Waals surface area (Å²) in [5.74, 6) is -2.29. The molecule has 122 valence electrons. The molecule has 0 N–H and O–H groups in total. The van der Waals surface area contributed by atoms with Crippen LogP contribution in [0.2, 0.25) is 0 Å². The summed E-state index contributed by atoms with van der Waals surface area (Å²) in [6, 6.07) is 14.2. The number of rotatable bonds is 4. The van der Waals surface area contributed by atoms with Gasteiger partial charge in [-0.1, -0.05) is 48.4 Å². The van der Waals surface area contributed by atoms with Gasteiger partial charge in [-0.3, -0.25) is 9.59 Å². The van der Waals surface area contributed by atoms with Crippen LogP contribution in [0.1, 0.15) is 38.8 Å². The largest absolute Gasteiger partial charge is 0.336 e. The molecule has 24 heavy (non-hydrogen) atoms. The van der Waals surface area contributed by atoms with E-state index in [0.29, 0.717) is 11.5 Å². The van der Waals surface area contributed by atoms with Crippen LogP contribution in [0, 0.1) is 12.8 Å². The van der Waals surface area contributed by atoms with Crippen molar-refractivity contribution in [1.29, 1.82) is 0 Å². The van der Waals surface area contributed by atoms with Gasteiger partial charge in [0.05, 0.1) is 17.0 Å². The number of aryl methyl sites for hydroxylation is 1. The summed E-state index contributed by atoms with van der Waals surface area (Å²) in [6.45, 7) is 3.69. The third-order valence-corrected chi connectivity index (χ3v) is 4.13. The second kappa shape index (κ2) is 6.28. The van der Waals surface area contributed by atoms with Gasteiger partial charge in [-0.15, -0.1) is 0 Å². The molecule has 3 rings (SSSR count). The van der Waals surface area contributed by atoms with Crippen molar-refractivity contribution in [1.82, 2.24) is 5.06 Å². The van der Waals surface area contributed by atoms with Crippen LogP contribution in [0.5, 0.6) is 0 Å². The van der Waals surface area contributed by atoms with E-state index < -0.39 is 23.7 Å². The number of carbonyl (C=O) groups is 3. The highest BCUT2D eigenvalue weighted by molar-refractivity contribution is 6.20. The first-order valence-corrected chi connectivity index (χ1v) is 7.73. The summed E-state index contributed by atoms with van der Waals surface area (Å²) in [5, 5.41) is 0.557. The molecule has 0 saturated heterocycles. The van der Waals surface area contributed by atoms with Gasteiger partial charge >= 0.3 is 5.97 Å². The normalized spacial score (nSPS) is 14.5. The average molecular weight is 323 g/mol. The maximum atomic E-state index is 12.3. The van der Waals surface area contributed by atoms with E-state index in [2.05, 4.69) is 0 Å². The van der Waals surface area contributed by atoms with Gasteiger partial charge in [0.25, 0.3) is 11.8 Å². The number of fused-ring (bicyclic) bond motifs is 1. The fourth-order valence-corrected chi connectivity index (χ4v) is 2.68. The van der Waals surface area contributed by atoms with E-state index in [1.807, 2.05) is 31.2 Å². The highest BCUT2D eigenvalue weighted by Crippen LogP contribution is 2.24. The standard InChI is InChI=1S/C19H17NO4/c1-12-7-3-4-8-14(12)11-13(2)19(23)24-20-17(21)15-9-5-6-10-16(15)18(20)22/h3-10,13H,11H2,1-2H3. The molecule has 5 heteroatoms. The molecular weight excluding hydrogens is 306 g/mol. The summed E-state index contributed by atoms with van der Waals surface area (Å²) in [7, 11) is 0. The van der Waals surface area contributed by atoms with Crippen LogP contribution in [0.4, 0.5) is 0 Å². The van der Waals surface area contributed by atoms with Crippen molar-refractivity contribution >= 4 is 17.8 Å². The molecule has 1 aliphatic heterocycles. The molecule has 0 saturated carbocycles. The Bertz CT molecular complexity index is 793. The first-order valence-electron chi connectivity index (χ1n) is 7.73. The van der Waals surface area contributed by atoms with Crippen molar-refractivity contribution in [3.63, 3.8) is 0 Å². The molecule has 1 unspecified atom stereocenters. The number of nitrogens with zero attached hydrogens (tertiary/aromatic N) is 1. The Morgan fingerprint density at radius 2 is 1.54 bits per heavy atom. The van der Waals surface area contributed by atoms with Crippen molar-refractivity contribution in [2.45, 2.75) is 20.3 Å². The van der Waals surface area contributed by atoms with Crippen LogP contribution < -0.4 is 0 Å². The van der Waals surface area contributed by atoms with E-state index in [4.69, 9.17) is 4.84 Å². The van der Waals surface area contributed by atoms with Gasteiger partial charge in [0.1, 0.15) is 0 Å². The maximum absolute atomic E-state index is 12.3. The van der Waals surface area contributed by atoms with Gasteiger partial charge in [0, 0.05) is 0 Å². The fraction of sp³-hybridized carbons (Fsp3) is 0.211.